The van der Waals surface area contributed by atoms with Crippen LogP contribution in [0.4, 0.5) is 5.82 Å². The van der Waals surface area contributed by atoms with Gasteiger partial charge in [0.2, 0.25) is 0 Å². The number of rotatable bonds is 6. The number of nitrogens with zero attached hydrogens (tertiary/aromatic N) is 3. The van der Waals surface area contributed by atoms with Gasteiger partial charge < -0.3 is 9.73 Å². The van der Waals surface area contributed by atoms with Gasteiger partial charge in [-0.1, -0.05) is 36.7 Å². The fraction of sp³-hybridized carbons (Fsp3) is 0.179. The average molecular weight is 469 g/mol. The third kappa shape index (κ3) is 4.39. The van der Waals surface area contributed by atoms with Crippen LogP contribution in [0.2, 0.25) is 5.02 Å². The lowest BCUT2D eigenvalue weighted by Crippen LogP contribution is -2.09. The van der Waals surface area contributed by atoms with Crippen molar-refractivity contribution in [2.45, 2.75) is 33.2 Å². The number of hydrogen-bond donors (Lipinski definition) is 1. The normalized spacial score (nSPS) is 12.1. The molecule has 3 heterocycles. The van der Waals surface area contributed by atoms with Crippen molar-refractivity contribution in [1.29, 1.82) is 0 Å². The van der Waals surface area contributed by atoms with Crippen LogP contribution in [0.1, 0.15) is 36.8 Å². The van der Waals surface area contributed by atoms with E-state index in [1.54, 1.807) is 18.5 Å². The quantitative estimate of drug-likeness (QED) is 0.277. The van der Waals surface area contributed by atoms with Crippen LogP contribution >= 0.6 is 11.6 Å². The summed E-state index contributed by atoms with van der Waals surface area (Å²) in [6, 6.07) is 18.3. The molecular weight excluding hydrogens is 444 g/mol. The molecule has 34 heavy (non-hydrogen) atoms. The summed E-state index contributed by atoms with van der Waals surface area (Å²) in [6.45, 7) is 6.16. The van der Waals surface area contributed by atoms with Gasteiger partial charge >= 0.3 is 0 Å². The average Bonchev–Trinajstić information content (AvgIpc) is 3.26. The molecule has 5 aromatic rings. The Kier molecular flexibility index (Phi) is 6.03. The number of aryl methyl sites for hydroxylation is 2. The molecule has 0 bridgehead atoms. The van der Waals surface area contributed by atoms with E-state index in [2.05, 4.69) is 47.3 Å². The predicted molar refractivity (Wildman–Crippen MR) is 138 cm³/mol. The molecule has 0 amide bonds. The van der Waals surface area contributed by atoms with E-state index in [0.29, 0.717) is 10.8 Å². The van der Waals surface area contributed by atoms with Gasteiger partial charge in [-0.25, -0.2) is 9.97 Å². The van der Waals surface area contributed by atoms with Crippen LogP contribution in [-0.2, 0) is 6.42 Å². The summed E-state index contributed by atoms with van der Waals surface area (Å²) >= 11 is 6.38. The van der Waals surface area contributed by atoms with E-state index in [9.17, 15) is 0 Å². The zero-order chi connectivity index (χ0) is 23.7. The first-order valence-electron chi connectivity index (χ1n) is 11.3. The fourth-order valence-electron chi connectivity index (χ4n) is 4.18. The Morgan fingerprint density at radius 3 is 2.74 bits per heavy atom. The van der Waals surface area contributed by atoms with Crippen LogP contribution in [0.25, 0.3) is 33.4 Å². The minimum Gasteiger partial charge on any atom is -0.464 e. The smallest absolute Gasteiger partial charge is 0.134 e. The van der Waals surface area contributed by atoms with Crippen molar-refractivity contribution in [3.8, 4) is 22.4 Å². The number of pyridine rings is 1. The Labute approximate surface area is 203 Å². The number of nitrogens with one attached hydrogen (secondary N) is 1. The molecule has 0 aliphatic rings. The lowest BCUT2D eigenvalue weighted by Gasteiger charge is -2.17. The second kappa shape index (κ2) is 9.27. The van der Waals surface area contributed by atoms with E-state index in [1.807, 2.05) is 43.5 Å². The molecule has 0 saturated carbocycles. The van der Waals surface area contributed by atoms with E-state index in [0.717, 1.165) is 51.2 Å². The molecule has 3 aromatic heterocycles. The lowest BCUT2D eigenvalue weighted by molar-refractivity contribution is 0.611. The van der Waals surface area contributed by atoms with E-state index < -0.39 is 0 Å². The standard InChI is InChI=1S/C28H25ClN4O/c1-4-19-16-34-27-9-8-22(13-23(19)27)26-14-28(33-18(3)32-26)31-17(2)20-6-5-7-21(12-20)24-15-30-11-10-25(24)29/h5-17H,4H2,1-3H3,(H,31,32,33)/t17-/m0/s1. The van der Waals surface area contributed by atoms with Gasteiger partial charge in [-0.15, -0.1) is 0 Å². The molecule has 2 aromatic carbocycles. The van der Waals surface area contributed by atoms with Gasteiger partial charge in [0, 0.05) is 41.0 Å². The molecule has 1 atom stereocenters. The van der Waals surface area contributed by atoms with E-state index in [1.165, 1.54) is 5.56 Å². The van der Waals surface area contributed by atoms with Crippen molar-refractivity contribution in [2.24, 2.45) is 0 Å². The maximum Gasteiger partial charge on any atom is 0.134 e. The summed E-state index contributed by atoms with van der Waals surface area (Å²) in [6.07, 6.45) is 6.25. The highest BCUT2D eigenvalue weighted by Gasteiger charge is 2.13. The van der Waals surface area contributed by atoms with Crippen molar-refractivity contribution in [2.75, 3.05) is 5.32 Å². The van der Waals surface area contributed by atoms with Crippen LogP contribution in [0.5, 0.6) is 0 Å². The zero-order valence-corrected chi connectivity index (χ0v) is 20.1. The predicted octanol–water partition coefficient (Wildman–Crippen LogP) is 7.65. The summed E-state index contributed by atoms with van der Waals surface area (Å²) < 4.78 is 5.67. The number of halogens is 1. The van der Waals surface area contributed by atoms with Crippen molar-refractivity contribution in [3.05, 3.63) is 95.2 Å². The third-order valence-electron chi connectivity index (χ3n) is 6.00. The monoisotopic (exact) mass is 468 g/mol. The van der Waals surface area contributed by atoms with E-state index in [-0.39, 0.29) is 6.04 Å². The second-order valence-electron chi connectivity index (χ2n) is 8.36. The molecule has 5 rings (SSSR count). The molecule has 1 N–H and O–H groups in total. The summed E-state index contributed by atoms with van der Waals surface area (Å²) in [7, 11) is 0. The summed E-state index contributed by atoms with van der Waals surface area (Å²) in [5.41, 5.74) is 7.09. The number of hydrogen-bond acceptors (Lipinski definition) is 5. The Balaban J connectivity index is 1.44. The fourth-order valence-corrected chi connectivity index (χ4v) is 4.39. The number of furan rings is 1. The molecule has 0 saturated heterocycles. The van der Waals surface area contributed by atoms with Gasteiger partial charge in [-0.3, -0.25) is 4.98 Å². The van der Waals surface area contributed by atoms with Crippen LogP contribution in [-0.4, -0.2) is 15.0 Å². The largest absolute Gasteiger partial charge is 0.464 e. The molecule has 0 spiro atoms. The van der Waals surface area contributed by atoms with Crippen LogP contribution < -0.4 is 5.32 Å². The molecule has 0 aliphatic heterocycles. The molecule has 0 fully saturated rings. The van der Waals surface area contributed by atoms with Gasteiger partial charge in [0.25, 0.3) is 0 Å². The molecule has 170 valence electrons. The van der Waals surface area contributed by atoms with Crippen LogP contribution in [0, 0.1) is 6.92 Å². The highest BCUT2D eigenvalue weighted by Crippen LogP contribution is 2.31. The van der Waals surface area contributed by atoms with Gasteiger partial charge in [0.05, 0.1) is 17.0 Å². The number of benzene rings is 2. The minimum atomic E-state index is 0.0283. The maximum atomic E-state index is 6.38. The molecule has 0 radical (unpaired) electrons. The van der Waals surface area contributed by atoms with Gasteiger partial charge in [0.15, 0.2) is 0 Å². The second-order valence-corrected chi connectivity index (χ2v) is 8.77. The highest BCUT2D eigenvalue weighted by molar-refractivity contribution is 6.33. The molecular formula is C28H25ClN4O. The van der Waals surface area contributed by atoms with Crippen LogP contribution in [0.3, 0.4) is 0 Å². The maximum absolute atomic E-state index is 6.38. The van der Waals surface area contributed by atoms with Gasteiger partial charge in [-0.05, 0) is 67.3 Å². The zero-order valence-electron chi connectivity index (χ0n) is 19.3. The lowest BCUT2D eigenvalue weighted by atomic mass is 10.0. The Morgan fingerprint density at radius 2 is 1.91 bits per heavy atom. The minimum absolute atomic E-state index is 0.0283. The van der Waals surface area contributed by atoms with E-state index >= 15 is 0 Å². The summed E-state index contributed by atoms with van der Waals surface area (Å²) in [5.74, 6) is 1.49. The van der Waals surface area contributed by atoms with Crippen molar-refractivity contribution in [1.82, 2.24) is 15.0 Å². The number of fused-ring (bicyclic) bond motifs is 1. The number of aromatic nitrogens is 3. The summed E-state index contributed by atoms with van der Waals surface area (Å²) in [4.78, 5) is 13.5. The van der Waals surface area contributed by atoms with Crippen molar-refractivity contribution < 1.29 is 4.42 Å². The van der Waals surface area contributed by atoms with Crippen molar-refractivity contribution in [3.63, 3.8) is 0 Å². The first-order valence-corrected chi connectivity index (χ1v) is 11.7. The van der Waals surface area contributed by atoms with Gasteiger partial charge in [0.1, 0.15) is 17.2 Å². The Morgan fingerprint density at radius 1 is 1.03 bits per heavy atom. The highest BCUT2D eigenvalue weighted by atomic mass is 35.5. The first kappa shape index (κ1) is 22.1. The Bertz CT molecular complexity index is 1480. The van der Waals surface area contributed by atoms with Crippen LogP contribution in [0.15, 0.2) is 77.7 Å². The third-order valence-corrected chi connectivity index (χ3v) is 6.33. The molecule has 0 unspecified atom stereocenters. The Hall–Kier alpha value is -3.70. The van der Waals surface area contributed by atoms with Crippen molar-refractivity contribution >= 4 is 28.4 Å². The first-order chi connectivity index (χ1) is 16.5. The molecule has 5 nitrogen and oxygen atoms in total. The van der Waals surface area contributed by atoms with Gasteiger partial charge in [-0.2, -0.15) is 0 Å². The van der Waals surface area contributed by atoms with E-state index in [4.69, 9.17) is 21.0 Å². The number of anilines is 1. The molecule has 6 heteroatoms. The topological polar surface area (TPSA) is 63.8 Å². The SMILES string of the molecule is CCc1coc2ccc(-c3cc(N[C@@H](C)c4cccc(-c5cnccc5Cl)c4)nc(C)n3)cc12. The summed E-state index contributed by atoms with van der Waals surface area (Å²) in [5, 5.41) is 5.35. The molecule has 0 aliphatic carbocycles.